The van der Waals surface area contributed by atoms with E-state index in [9.17, 15) is 9.59 Å². The van der Waals surface area contributed by atoms with E-state index in [0.29, 0.717) is 24.4 Å². The molecule has 0 bridgehead atoms. The number of nitrogens with zero attached hydrogens (tertiary/aromatic N) is 2. The van der Waals surface area contributed by atoms with Gasteiger partial charge in [-0.15, -0.1) is 0 Å². The van der Waals surface area contributed by atoms with Gasteiger partial charge in [-0.05, 0) is 42.9 Å². The van der Waals surface area contributed by atoms with Crippen molar-refractivity contribution in [2.45, 2.75) is 37.3 Å². The Bertz CT molecular complexity index is 754. The van der Waals surface area contributed by atoms with Crippen molar-refractivity contribution in [2.75, 3.05) is 32.8 Å². The first-order valence-corrected chi connectivity index (χ1v) is 10.5. The first kappa shape index (κ1) is 17.5. The third-order valence-corrected chi connectivity index (χ3v) is 7.15. The van der Waals surface area contributed by atoms with Crippen LogP contribution in [-0.4, -0.2) is 66.7 Å². The molecule has 1 N–H and O–H groups in total. The molecule has 0 radical (unpaired) electrons. The molecule has 2 atom stereocenters. The lowest BCUT2D eigenvalue weighted by atomic mass is 9.56. The van der Waals surface area contributed by atoms with Crippen molar-refractivity contribution < 1.29 is 14.3 Å². The van der Waals surface area contributed by atoms with Gasteiger partial charge in [-0.1, -0.05) is 28.1 Å². The zero-order chi connectivity index (χ0) is 18.6. The van der Waals surface area contributed by atoms with Crippen LogP contribution in [0.4, 0.5) is 4.79 Å². The minimum absolute atomic E-state index is 0.0489. The summed E-state index contributed by atoms with van der Waals surface area (Å²) in [5.41, 5.74) is 1.73. The van der Waals surface area contributed by atoms with E-state index in [2.05, 4.69) is 45.5 Å². The summed E-state index contributed by atoms with van der Waals surface area (Å²) in [5.74, 6) is 0.544. The maximum Gasteiger partial charge on any atom is 0.320 e. The lowest BCUT2D eigenvalue weighted by Crippen LogP contribution is -2.68. The third-order valence-electron chi connectivity index (χ3n) is 6.62. The number of nitrogens with one attached hydrogen (secondary N) is 1. The number of urea groups is 1. The smallest absolute Gasteiger partial charge is 0.320 e. The molecule has 4 aliphatic rings. The Kier molecular flexibility index (Phi) is 4.20. The van der Waals surface area contributed by atoms with Gasteiger partial charge < -0.3 is 19.9 Å². The predicted octanol–water partition coefficient (Wildman–Crippen LogP) is 2.34. The Hall–Kier alpha value is -1.60. The maximum absolute atomic E-state index is 12.8. The molecule has 6 nitrogen and oxygen atoms in total. The molecule has 5 rings (SSSR count). The number of halogens is 1. The van der Waals surface area contributed by atoms with Crippen LogP contribution in [0.5, 0.6) is 0 Å². The summed E-state index contributed by atoms with van der Waals surface area (Å²) in [6, 6.07) is 8.67. The van der Waals surface area contributed by atoms with Gasteiger partial charge in [0.15, 0.2) is 0 Å². The number of piperidine rings is 1. The van der Waals surface area contributed by atoms with Gasteiger partial charge >= 0.3 is 6.03 Å². The predicted molar refractivity (Wildman–Crippen MR) is 103 cm³/mol. The lowest BCUT2D eigenvalue weighted by molar-refractivity contribution is -0.140. The van der Waals surface area contributed by atoms with Crippen LogP contribution in [0, 0.1) is 5.41 Å². The minimum atomic E-state index is -0.0816. The number of carbonyl (C=O) groups is 2. The summed E-state index contributed by atoms with van der Waals surface area (Å²) < 4.78 is 6.69. The van der Waals surface area contributed by atoms with Gasteiger partial charge in [0.1, 0.15) is 6.61 Å². The highest BCUT2D eigenvalue weighted by Crippen LogP contribution is 2.56. The Morgan fingerprint density at radius 1 is 1.19 bits per heavy atom. The summed E-state index contributed by atoms with van der Waals surface area (Å²) in [6.07, 6.45) is 3.19. The molecular weight excluding hydrogens is 410 g/mol. The molecule has 4 fully saturated rings. The number of morpholine rings is 1. The second-order valence-electron chi connectivity index (χ2n) is 8.55. The van der Waals surface area contributed by atoms with Crippen molar-refractivity contribution in [3.63, 3.8) is 0 Å². The highest BCUT2D eigenvalue weighted by atomic mass is 79.9. The number of carbonyl (C=O) groups excluding carboxylic acids is 2. The second kappa shape index (κ2) is 6.48. The van der Waals surface area contributed by atoms with Crippen LogP contribution in [0.15, 0.2) is 28.7 Å². The van der Waals surface area contributed by atoms with E-state index >= 15 is 0 Å². The van der Waals surface area contributed by atoms with Gasteiger partial charge in [0.2, 0.25) is 5.91 Å². The molecule has 1 saturated carbocycles. The first-order chi connectivity index (χ1) is 13.0. The van der Waals surface area contributed by atoms with Gasteiger partial charge in [-0.25, -0.2) is 4.79 Å². The van der Waals surface area contributed by atoms with E-state index in [1.54, 1.807) is 0 Å². The summed E-state index contributed by atoms with van der Waals surface area (Å²) in [6.45, 7) is 3.14. The zero-order valence-corrected chi connectivity index (χ0v) is 16.8. The second-order valence-corrected chi connectivity index (χ2v) is 9.47. The first-order valence-electron chi connectivity index (χ1n) is 9.72. The molecule has 3 heterocycles. The largest absolute Gasteiger partial charge is 0.366 e. The highest BCUT2D eigenvalue weighted by molar-refractivity contribution is 9.10. The Labute approximate surface area is 167 Å². The van der Waals surface area contributed by atoms with E-state index in [1.165, 1.54) is 18.4 Å². The summed E-state index contributed by atoms with van der Waals surface area (Å²) >= 11 is 3.49. The molecule has 3 saturated heterocycles. The van der Waals surface area contributed by atoms with Gasteiger partial charge in [0.05, 0.1) is 12.1 Å². The SMILES string of the molecule is O=C1CO[C@H]2CCN(C(=O)N3CC4(CC(c5ccc(Br)cc5)C4)C3)C[C@H]2N1. The van der Waals surface area contributed by atoms with Crippen LogP contribution >= 0.6 is 15.9 Å². The number of fused-ring (bicyclic) bond motifs is 1. The monoisotopic (exact) mass is 433 g/mol. The van der Waals surface area contributed by atoms with E-state index in [0.717, 1.165) is 24.0 Å². The summed E-state index contributed by atoms with van der Waals surface area (Å²) in [5, 5.41) is 2.96. The topological polar surface area (TPSA) is 61.9 Å². The van der Waals surface area contributed by atoms with Crippen LogP contribution in [0.25, 0.3) is 0 Å². The molecule has 144 valence electrons. The quantitative estimate of drug-likeness (QED) is 0.738. The van der Waals surface area contributed by atoms with E-state index in [-0.39, 0.29) is 30.7 Å². The van der Waals surface area contributed by atoms with Gasteiger partial charge in [-0.2, -0.15) is 0 Å². The maximum atomic E-state index is 12.8. The number of hydrogen-bond donors (Lipinski definition) is 1. The zero-order valence-electron chi connectivity index (χ0n) is 15.2. The molecule has 0 aromatic heterocycles. The fourth-order valence-electron chi connectivity index (χ4n) is 5.19. The number of likely N-dealkylation sites (tertiary alicyclic amines) is 2. The molecule has 3 amide bonds. The average molecular weight is 434 g/mol. The van der Waals surface area contributed by atoms with Crippen LogP contribution in [0.1, 0.15) is 30.7 Å². The summed E-state index contributed by atoms with van der Waals surface area (Å²) in [7, 11) is 0. The molecule has 1 aliphatic carbocycles. The van der Waals surface area contributed by atoms with Crippen molar-refractivity contribution in [1.29, 1.82) is 0 Å². The molecule has 27 heavy (non-hydrogen) atoms. The Morgan fingerprint density at radius 2 is 1.93 bits per heavy atom. The summed E-state index contributed by atoms with van der Waals surface area (Å²) in [4.78, 5) is 28.2. The molecule has 0 unspecified atom stereocenters. The number of rotatable bonds is 1. The third kappa shape index (κ3) is 3.14. The van der Waals surface area contributed by atoms with Crippen molar-refractivity contribution in [3.05, 3.63) is 34.3 Å². The van der Waals surface area contributed by atoms with E-state index in [4.69, 9.17) is 4.74 Å². The molecule has 3 aliphatic heterocycles. The van der Waals surface area contributed by atoms with E-state index < -0.39 is 0 Å². The fourth-order valence-corrected chi connectivity index (χ4v) is 5.45. The molecule has 1 aromatic rings. The number of ether oxygens (including phenoxy) is 1. The lowest BCUT2D eigenvalue weighted by Gasteiger charge is -2.60. The van der Waals surface area contributed by atoms with Crippen molar-refractivity contribution in [1.82, 2.24) is 15.1 Å². The van der Waals surface area contributed by atoms with Crippen molar-refractivity contribution in [2.24, 2.45) is 5.41 Å². The fraction of sp³-hybridized carbons (Fsp3) is 0.600. The van der Waals surface area contributed by atoms with Gasteiger partial charge in [-0.3, -0.25) is 4.79 Å². The van der Waals surface area contributed by atoms with Crippen LogP contribution in [0.3, 0.4) is 0 Å². The van der Waals surface area contributed by atoms with E-state index in [1.807, 2.05) is 9.80 Å². The average Bonchev–Trinajstić information content (AvgIpc) is 2.60. The Balaban J connectivity index is 1.13. The van der Waals surface area contributed by atoms with Crippen LogP contribution in [0.2, 0.25) is 0 Å². The number of hydrogen-bond acceptors (Lipinski definition) is 3. The van der Waals surface area contributed by atoms with Gasteiger partial charge in [0, 0.05) is 36.1 Å². The van der Waals surface area contributed by atoms with Crippen LogP contribution < -0.4 is 5.32 Å². The standard InChI is InChI=1S/C20H24BrN3O3/c21-15-3-1-13(2-4-15)14-7-20(8-14)11-24(12-20)19(26)23-6-5-17-16(9-23)22-18(25)10-27-17/h1-4,14,16-17H,5-12H2,(H,22,25)/t16-,17+/m1/s1. The van der Waals surface area contributed by atoms with Gasteiger partial charge in [0.25, 0.3) is 0 Å². The highest BCUT2D eigenvalue weighted by Gasteiger charge is 2.54. The number of benzene rings is 1. The van der Waals surface area contributed by atoms with Crippen molar-refractivity contribution in [3.8, 4) is 0 Å². The molecular formula is C20H24BrN3O3. The Morgan fingerprint density at radius 3 is 2.67 bits per heavy atom. The molecule has 7 heteroatoms. The van der Waals surface area contributed by atoms with Crippen LogP contribution in [-0.2, 0) is 9.53 Å². The minimum Gasteiger partial charge on any atom is -0.366 e. The molecule has 1 spiro atoms. The molecule has 1 aromatic carbocycles. The normalized spacial score (nSPS) is 29.6. The number of amides is 3. The van der Waals surface area contributed by atoms with Crippen molar-refractivity contribution >= 4 is 27.9 Å².